The second kappa shape index (κ2) is 9.20. The van der Waals surface area contributed by atoms with Gasteiger partial charge in [0.1, 0.15) is 0 Å². The molecule has 3 aromatic carbocycles. The average Bonchev–Trinajstić information content (AvgIpc) is 2.86. The van der Waals surface area contributed by atoms with Crippen LogP contribution in [0.2, 0.25) is 0 Å². The van der Waals surface area contributed by atoms with E-state index in [1.54, 1.807) is 17.7 Å². The first-order valence-electron chi connectivity index (χ1n) is 13.4. The van der Waals surface area contributed by atoms with Crippen LogP contribution in [0.15, 0.2) is 66.2 Å². The molecule has 3 aromatic rings. The highest BCUT2D eigenvalue weighted by molar-refractivity contribution is 5.88. The van der Waals surface area contributed by atoms with Gasteiger partial charge in [-0.3, -0.25) is 0 Å². The lowest BCUT2D eigenvalue weighted by Crippen LogP contribution is -2.40. The second-order valence-corrected chi connectivity index (χ2v) is 12.6. The molecule has 1 fully saturated rings. The first-order valence-corrected chi connectivity index (χ1v) is 13.4. The van der Waals surface area contributed by atoms with Gasteiger partial charge < -0.3 is 10.0 Å². The van der Waals surface area contributed by atoms with Gasteiger partial charge in [0, 0.05) is 19.8 Å². The number of anilines is 1. The maximum atomic E-state index is 11.5. The van der Waals surface area contributed by atoms with Gasteiger partial charge in [0.2, 0.25) is 0 Å². The van der Waals surface area contributed by atoms with Gasteiger partial charge in [-0.15, -0.1) is 0 Å². The third-order valence-corrected chi connectivity index (χ3v) is 8.88. The number of hydrogen-bond donors (Lipinski definition) is 1. The van der Waals surface area contributed by atoms with Crippen molar-refractivity contribution in [2.75, 3.05) is 19.0 Å². The number of carboxylic acids is 1. The molecule has 0 aliphatic heterocycles. The molecule has 2 aliphatic rings. The smallest absolute Gasteiger partial charge is 0.335 e. The lowest BCUT2D eigenvalue weighted by atomic mass is 9.54. The van der Waals surface area contributed by atoms with E-state index in [0.29, 0.717) is 11.5 Å². The monoisotopic (exact) mass is 493 g/mol. The molecule has 0 aromatic heterocycles. The van der Waals surface area contributed by atoms with Crippen molar-refractivity contribution in [3.63, 3.8) is 0 Å². The summed E-state index contributed by atoms with van der Waals surface area (Å²) < 4.78 is 0. The van der Waals surface area contributed by atoms with Crippen molar-refractivity contribution in [3.8, 4) is 11.1 Å². The molecule has 2 aliphatic carbocycles. The first kappa shape index (κ1) is 25.3. The number of carboxylic acid groups (broad SMARTS) is 1. The fraction of sp³-hybridized carbons (Fsp3) is 0.382. The van der Waals surface area contributed by atoms with E-state index in [9.17, 15) is 9.90 Å². The minimum atomic E-state index is -0.891. The Hall–Kier alpha value is -3.33. The molecule has 1 N–H and O–H groups in total. The highest BCUT2D eigenvalue weighted by Crippen LogP contribution is 2.56. The van der Waals surface area contributed by atoms with Crippen molar-refractivity contribution in [1.82, 2.24) is 0 Å². The summed E-state index contributed by atoms with van der Waals surface area (Å²) >= 11 is 0. The number of hydrogen-bond acceptors (Lipinski definition) is 2. The topological polar surface area (TPSA) is 40.5 Å². The third-order valence-electron chi connectivity index (χ3n) is 8.88. The molecule has 0 spiro atoms. The van der Waals surface area contributed by atoms with Crippen LogP contribution >= 0.6 is 0 Å². The zero-order valence-electron chi connectivity index (χ0n) is 23.1. The lowest BCUT2D eigenvalue weighted by Gasteiger charge is -2.50. The molecule has 0 bridgehead atoms. The van der Waals surface area contributed by atoms with Crippen molar-refractivity contribution in [2.24, 2.45) is 16.7 Å². The summed E-state index contributed by atoms with van der Waals surface area (Å²) in [6.07, 6.45) is 6.88. The van der Waals surface area contributed by atoms with Crippen LogP contribution in [0.4, 0.5) is 5.69 Å². The fourth-order valence-electron chi connectivity index (χ4n) is 6.27. The first-order chi connectivity index (χ1) is 17.4. The summed E-state index contributed by atoms with van der Waals surface area (Å²) in [4.78, 5) is 13.6. The van der Waals surface area contributed by atoms with Gasteiger partial charge in [-0.05, 0) is 100 Å². The summed E-state index contributed by atoms with van der Waals surface area (Å²) in [7, 11) is 4.12. The molecule has 1 atom stereocenters. The van der Waals surface area contributed by atoms with Crippen LogP contribution in [0, 0.1) is 16.7 Å². The maximum Gasteiger partial charge on any atom is 0.335 e. The number of fused-ring (bicyclic) bond motifs is 2. The van der Waals surface area contributed by atoms with Crippen molar-refractivity contribution in [2.45, 2.75) is 53.4 Å². The van der Waals surface area contributed by atoms with Crippen LogP contribution in [0.1, 0.15) is 73.1 Å². The molecule has 37 heavy (non-hydrogen) atoms. The highest BCUT2D eigenvalue weighted by atomic mass is 16.4. The van der Waals surface area contributed by atoms with Crippen LogP contribution in [0.3, 0.4) is 0 Å². The molecular formula is C34H39NO2. The van der Waals surface area contributed by atoms with E-state index in [2.05, 4.69) is 89.2 Å². The number of rotatable bonds is 5. The molecular weight excluding hydrogens is 454 g/mol. The van der Waals surface area contributed by atoms with Crippen LogP contribution in [0.25, 0.3) is 17.2 Å². The van der Waals surface area contributed by atoms with Gasteiger partial charge in [0.05, 0.1) is 5.56 Å². The summed E-state index contributed by atoms with van der Waals surface area (Å²) in [6, 6.07) is 20.9. The van der Waals surface area contributed by atoms with Crippen LogP contribution in [-0.2, 0) is 12.8 Å². The third kappa shape index (κ3) is 4.84. The summed E-state index contributed by atoms with van der Waals surface area (Å²) in [6.45, 7) is 9.70. The zero-order chi connectivity index (χ0) is 26.5. The predicted molar refractivity (Wildman–Crippen MR) is 154 cm³/mol. The number of allylic oxidation sites excluding steroid dienone is 1. The largest absolute Gasteiger partial charge is 0.478 e. The minimum absolute atomic E-state index is 0.228. The Labute approximate surface area is 221 Å². The number of benzene rings is 3. The Morgan fingerprint density at radius 1 is 0.946 bits per heavy atom. The van der Waals surface area contributed by atoms with Crippen LogP contribution in [-0.4, -0.2) is 25.2 Å². The van der Waals surface area contributed by atoms with E-state index in [-0.39, 0.29) is 10.8 Å². The molecule has 192 valence electrons. The van der Waals surface area contributed by atoms with Crippen molar-refractivity contribution < 1.29 is 9.90 Å². The summed E-state index contributed by atoms with van der Waals surface area (Å²) in [5, 5.41) is 9.41. The zero-order valence-corrected chi connectivity index (χ0v) is 23.1. The quantitative estimate of drug-likeness (QED) is 0.390. The Bertz CT molecular complexity index is 1360. The molecule has 1 unspecified atom stereocenters. The van der Waals surface area contributed by atoms with Gasteiger partial charge >= 0.3 is 5.97 Å². The van der Waals surface area contributed by atoms with Gasteiger partial charge in [-0.1, -0.05) is 75.7 Å². The SMILES string of the molecule is CN(C)c1ccc(Cc2cc3c(cc2-c2ccc(C(=O)O)cc2)CC2C(=C3)C(C)(C)CCC2(C)C)cc1. The van der Waals surface area contributed by atoms with Crippen molar-refractivity contribution in [1.29, 1.82) is 0 Å². The summed E-state index contributed by atoms with van der Waals surface area (Å²) in [5.41, 5.74) is 11.2. The average molecular weight is 494 g/mol. The molecule has 0 saturated heterocycles. The number of nitrogens with zero attached hydrogens (tertiary/aromatic N) is 1. The normalized spacial score (nSPS) is 19.4. The number of aromatic carboxylic acids is 1. The number of carbonyl (C=O) groups is 1. The Morgan fingerprint density at radius 3 is 2.24 bits per heavy atom. The predicted octanol–water partition coefficient (Wildman–Crippen LogP) is 8.11. The van der Waals surface area contributed by atoms with E-state index >= 15 is 0 Å². The second-order valence-electron chi connectivity index (χ2n) is 12.6. The van der Waals surface area contributed by atoms with Gasteiger partial charge in [-0.2, -0.15) is 0 Å². The summed E-state index contributed by atoms with van der Waals surface area (Å²) in [5.74, 6) is -0.339. The Morgan fingerprint density at radius 2 is 1.62 bits per heavy atom. The van der Waals surface area contributed by atoms with E-state index in [0.717, 1.165) is 18.4 Å². The molecule has 3 nitrogen and oxygen atoms in total. The van der Waals surface area contributed by atoms with E-state index < -0.39 is 5.97 Å². The van der Waals surface area contributed by atoms with E-state index in [4.69, 9.17) is 0 Å². The molecule has 5 rings (SSSR count). The van der Waals surface area contributed by atoms with E-state index in [1.807, 2.05) is 12.1 Å². The molecule has 3 heteroatoms. The molecule has 1 saturated carbocycles. The fourth-order valence-corrected chi connectivity index (χ4v) is 6.27. The molecule has 0 heterocycles. The van der Waals surface area contributed by atoms with Gasteiger partial charge in [0.25, 0.3) is 0 Å². The van der Waals surface area contributed by atoms with Gasteiger partial charge in [0.15, 0.2) is 0 Å². The van der Waals surface area contributed by atoms with Crippen molar-refractivity contribution >= 4 is 17.7 Å². The maximum absolute atomic E-state index is 11.5. The van der Waals surface area contributed by atoms with Crippen LogP contribution in [0.5, 0.6) is 0 Å². The minimum Gasteiger partial charge on any atom is -0.478 e. The van der Waals surface area contributed by atoms with Gasteiger partial charge in [-0.25, -0.2) is 4.79 Å². The lowest BCUT2D eigenvalue weighted by molar-refractivity contribution is 0.0697. The van der Waals surface area contributed by atoms with Crippen LogP contribution < -0.4 is 4.90 Å². The standard InChI is InChI=1S/C34H39NO2/c1-33(2)15-16-34(3,4)31-21-26-19-29(23-9-11-24(12-10-23)32(36)37)27(18-25(26)20-30(31)33)17-22-7-13-28(14-8-22)35(5)6/h7-14,18-20,31H,15-17,21H2,1-6H3,(H,36,37). The Balaban J connectivity index is 1.62. The molecule has 0 radical (unpaired) electrons. The van der Waals surface area contributed by atoms with Crippen molar-refractivity contribution in [3.05, 3.63) is 94.1 Å². The van der Waals surface area contributed by atoms with E-state index in [1.165, 1.54) is 46.3 Å². The highest BCUT2D eigenvalue weighted by Gasteiger charge is 2.45. The Kier molecular flexibility index (Phi) is 6.30. The molecule has 0 amide bonds.